The highest BCUT2D eigenvalue weighted by atomic mass is 15.3. The van der Waals surface area contributed by atoms with Crippen LogP contribution in [0.1, 0.15) is 16.8 Å². The van der Waals surface area contributed by atoms with Gasteiger partial charge < -0.3 is 5.32 Å². The molecule has 3 heterocycles. The molecular weight excluding hydrogens is 214 g/mol. The molecule has 0 aliphatic carbocycles. The smallest absolute Gasteiger partial charge is 0.153 e. The van der Waals surface area contributed by atoms with E-state index in [1.807, 2.05) is 16.9 Å². The number of fused-ring (bicyclic) bond motifs is 1. The van der Waals surface area contributed by atoms with E-state index >= 15 is 0 Å². The molecule has 0 aromatic carbocycles. The number of nitriles is 1. The number of rotatable bonds is 1. The van der Waals surface area contributed by atoms with Gasteiger partial charge in [-0.25, -0.2) is 9.67 Å². The van der Waals surface area contributed by atoms with Crippen LogP contribution in [0.25, 0.3) is 5.82 Å². The van der Waals surface area contributed by atoms with Gasteiger partial charge in [-0.15, -0.1) is 0 Å². The lowest BCUT2D eigenvalue weighted by Crippen LogP contribution is -2.24. The first kappa shape index (κ1) is 10.00. The second-order valence-corrected chi connectivity index (χ2v) is 3.97. The summed E-state index contributed by atoms with van der Waals surface area (Å²) in [4.78, 5) is 4.26. The molecule has 3 rings (SSSR count). The summed E-state index contributed by atoms with van der Waals surface area (Å²) < 4.78 is 1.86. The van der Waals surface area contributed by atoms with Crippen molar-refractivity contribution < 1.29 is 0 Å². The average molecular weight is 225 g/mol. The van der Waals surface area contributed by atoms with Crippen LogP contribution in [0.15, 0.2) is 24.5 Å². The maximum absolute atomic E-state index is 8.73. The molecule has 0 fully saturated rings. The van der Waals surface area contributed by atoms with Crippen LogP contribution < -0.4 is 5.32 Å². The van der Waals surface area contributed by atoms with E-state index in [-0.39, 0.29) is 0 Å². The Bertz CT molecular complexity index is 576. The summed E-state index contributed by atoms with van der Waals surface area (Å²) in [6.45, 7) is 1.83. The van der Waals surface area contributed by atoms with Crippen LogP contribution in [0.2, 0.25) is 0 Å². The van der Waals surface area contributed by atoms with E-state index in [4.69, 9.17) is 5.26 Å². The summed E-state index contributed by atoms with van der Waals surface area (Å²) in [6, 6.07) is 5.65. The van der Waals surface area contributed by atoms with Crippen molar-refractivity contribution in [2.24, 2.45) is 0 Å². The zero-order valence-corrected chi connectivity index (χ0v) is 9.22. The van der Waals surface area contributed by atoms with Gasteiger partial charge in [-0.3, -0.25) is 0 Å². The number of aromatic nitrogens is 3. The van der Waals surface area contributed by atoms with E-state index in [0.29, 0.717) is 5.56 Å². The molecule has 2 aromatic rings. The Morgan fingerprint density at radius 3 is 3.06 bits per heavy atom. The molecule has 0 saturated heterocycles. The van der Waals surface area contributed by atoms with Crippen molar-refractivity contribution in [2.75, 3.05) is 6.54 Å². The molecule has 1 aliphatic heterocycles. The topological polar surface area (TPSA) is 66.5 Å². The Kier molecular flexibility index (Phi) is 2.35. The molecule has 1 aliphatic rings. The first-order valence-electron chi connectivity index (χ1n) is 5.51. The van der Waals surface area contributed by atoms with Crippen molar-refractivity contribution in [3.63, 3.8) is 0 Å². The molecule has 0 amide bonds. The lowest BCUT2D eigenvalue weighted by molar-refractivity contribution is 0.620. The lowest BCUT2D eigenvalue weighted by atomic mass is 10.1. The van der Waals surface area contributed by atoms with Crippen LogP contribution in [-0.2, 0) is 13.0 Å². The molecule has 0 bridgehead atoms. The second-order valence-electron chi connectivity index (χ2n) is 3.97. The maximum atomic E-state index is 8.73. The largest absolute Gasteiger partial charge is 0.312 e. The second kappa shape index (κ2) is 4.00. The van der Waals surface area contributed by atoms with Gasteiger partial charge in [0.1, 0.15) is 6.07 Å². The maximum Gasteiger partial charge on any atom is 0.153 e. The summed E-state index contributed by atoms with van der Waals surface area (Å²) in [5, 5.41) is 16.4. The predicted molar refractivity (Wildman–Crippen MR) is 61.5 cm³/mol. The fourth-order valence-electron chi connectivity index (χ4n) is 2.03. The third kappa shape index (κ3) is 1.69. The van der Waals surface area contributed by atoms with Gasteiger partial charge in [0.2, 0.25) is 0 Å². The van der Waals surface area contributed by atoms with Crippen LogP contribution in [0.4, 0.5) is 0 Å². The zero-order valence-electron chi connectivity index (χ0n) is 9.22. The Balaban J connectivity index is 2.03. The molecule has 17 heavy (non-hydrogen) atoms. The van der Waals surface area contributed by atoms with Gasteiger partial charge in [0, 0.05) is 31.3 Å². The first-order chi connectivity index (χ1) is 8.38. The summed E-state index contributed by atoms with van der Waals surface area (Å²) >= 11 is 0. The Morgan fingerprint density at radius 2 is 2.29 bits per heavy atom. The first-order valence-corrected chi connectivity index (χ1v) is 5.51. The molecular formula is C12H11N5. The molecule has 1 N–H and O–H groups in total. The van der Waals surface area contributed by atoms with Gasteiger partial charge in [-0.1, -0.05) is 0 Å². The number of pyridine rings is 1. The normalized spacial score (nSPS) is 14.1. The van der Waals surface area contributed by atoms with Crippen LogP contribution in [0.5, 0.6) is 0 Å². The van der Waals surface area contributed by atoms with Crippen molar-refractivity contribution >= 4 is 0 Å². The highest BCUT2D eigenvalue weighted by Crippen LogP contribution is 2.16. The fourth-order valence-corrected chi connectivity index (χ4v) is 2.03. The minimum absolute atomic E-state index is 0.566. The molecule has 5 heteroatoms. The van der Waals surface area contributed by atoms with Gasteiger partial charge in [0.25, 0.3) is 0 Å². The summed E-state index contributed by atoms with van der Waals surface area (Å²) in [5.41, 5.74) is 3.00. The van der Waals surface area contributed by atoms with E-state index < -0.39 is 0 Å². The number of hydrogen-bond acceptors (Lipinski definition) is 4. The van der Waals surface area contributed by atoms with Crippen molar-refractivity contribution in [1.29, 1.82) is 5.26 Å². The third-order valence-electron chi connectivity index (χ3n) is 2.90. The zero-order chi connectivity index (χ0) is 11.7. The molecule has 0 radical (unpaired) electrons. The Morgan fingerprint density at radius 1 is 1.35 bits per heavy atom. The van der Waals surface area contributed by atoms with Crippen molar-refractivity contribution in [3.05, 3.63) is 41.3 Å². The SMILES string of the molecule is N#Cc1ccc(-n2ncc3c2CCNC3)nc1. The number of nitrogens with one attached hydrogen (secondary N) is 1. The van der Waals surface area contributed by atoms with E-state index in [1.165, 1.54) is 11.3 Å². The van der Waals surface area contributed by atoms with Gasteiger partial charge in [-0.05, 0) is 12.1 Å². The standard InChI is InChI=1S/C12H11N5/c13-5-9-1-2-12(15-6-9)17-11-3-4-14-7-10(11)8-16-17/h1-2,6,8,14H,3-4,7H2. The highest BCUT2D eigenvalue weighted by Gasteiger charge is 2.15. The minimum atomic E-state index is 0.566. The molecule has 0 atom stereocenters. The Labute approximate surface area is 98.7 Å². The number of hydrogen-bond donors (Lipinski definition) is 1. The van der Waals surface area contributed by atoms with Gasteiger partial charge in [-0.2, -0.15) is 10.4 Å². The Hall–Kier alpha value is -2.19. The van der Waals surface area contributed by atoms with Crippen molar-refractivity contribution in [1.82, 2.24) is 20.1 Å². The van der Waals surface area contributed by atoms with Gasteiger partial charge >= 0.3 is 0 Å². The van der Waals surface area contributed by atoms with Crippen LogP contribution in [-0.4, -0.2) is 21.3 Å². The molecule has 84 valence electrons. The van der Waals surface area contributed by atoms with E-state index in [2.05, 4.69) is 21.5 Å². The summed E-state index contributed by atoms with van der Waals surface area (Å²) in [7, 11) is 0. The van der Waals surface area contributed by atoms with Crippen molar-refractivity contribution in [3.8, 4) is 11.9 Å². The van der Waals surface area contributed by atoms with Crippen LogP contribution in [0.3, 0.4) is 0 Å². The molecule has 0 saturated carbocycles. The summed E-state index contributed by atoms with van der Waals surface area (Å²) in [5.74, 6) is 0.771. The quantitative estimate of drug-likeness (QED) is 0.779. The van der Waals surface area contributed by atoms with Crippen LogP contribution >= 0.6 is 0 Å². The molecule has 2 aromatic heterocycles. The molecule has 5 nitrogen and oxygen atoms in total. The van der Waals surface area contributed by atoms with E-state index in [9.17, 15) is 0 Å². The number of nitrogens with zero attached hydrogens (tertiary/aromatic N) is 4. The van der Waals surface area contributed by atoms with Gasteiger partial charge in [0.05, 0.1) is 17.5 Å². The lowest BCUT2D eigenvalue weighted by Gasteiger charge is -2.14. The predicted octanol–water partition coefficient (Wildman–Crippen LogP) is 0.785. The summed E-state index contributed by atoms with van der Waals surface area (Å²) in [6.07, 6.45) is 4.41. The van der Waals surface area contributed by atoms with E-state index in [0.717, 1.165) is 25.3 Å². The van der Waals surface area contributed by atoms with Crippen LogP contribution in [0, 0.1) is 11.3 Å². The minimum Gasteiger partial charge on any atom is -0.312 e. The average Bonchev–Trinajstić information content (AvgIpc) is 2.83. The van der Waals surface area contributed by atoms with Gasteiger partial charge in [0.15, 0.2) is 5.82 Å². The van der Waals surface area contributed by atoms with Crippen molar-refractivity contribution in [2.45, 2.75) is 13.0 Å². The highest BCUT2D eigenvalue weighted by molar-refractivity contribution is 5.34. The molecule has 0 spiro atoms. The van der Waals surface area contributed by atoms with E-state index in [1.54, 1.807) is 12.3 Å². The third-order valence-corrected chi connectivity index (χ3v) is 2.90. The monoisotopic (exact) mass is 225 g/mol. The fraction of sp³-hybridized carbons (Fsp3) is 0.250. The molecule has 0 unspecified atom stereocenters.